The number of rotatable bonds is 6. The van der Waals surface area contributed by atoms with Gasteiger partial charge in [-0.3, -0.25) is 4.79 Å². The third-order valence-electron chi connectivity index (χ3n) is 3.92. The van der Waals surface area contributed by atoms with Gasteiger partial charge in [0.25, 0.3) is 0 Å². The van der Waals surface area contributed by atoms with E-state index in [-0.39, 0.29) is 11.9 Å². The summed E-state index contributed by atoms with van der Waals surface area (Å²) in [6.07, 6.45) is 1.68. The predicted octanol–water partition coefficient (Wildman–Crippen LogP) is 3.96. The zero-order chi connectivity index (χ0) is 15.4. The molecule has 0 radical (unpaired) electrons. The summed E-state index contributed by atoms with van der Waals surface area (Å²) < 4.78 is 1.13. The molecule has 1 fully saturated rings. The number of hydrogen-bond acceptors (Lipinski definition) is 3. The van der Waals surface area contributed by atoms with Crippen LogP contribution < -0.4 is 5.32 Å². The summed E-state index contributed by atoms with van der Waals surface area (Å²) in [5, 5.41) is 5.70. The zero-order valence-corrected chi connectivity index (χ0v) is 14.7. The average Bonchev–Trinajstić information content (AvgIpc) is 3.13. The minimum atomic E-state index is 0.170. The van der Waals surface area contributed by atoms with E-state index in [0.717, 1.165) is 30.5 Å². The number of likely N-dealkylation sites (tertiary alicyclic amines) is 1. The van der Waals surface area contributed by atoms with Crippen LogP contribution in [0.25, 0.3) is 0 Å². The quantitative estimate of drug-likeness (QED) is 0.824. The minimum Gasteiger partial charge on any atom is -0.341 e. The molecule has 0 bridgehead atoms. The lowest BCUT2D eigenvalue weighted by Gasteiger charge is -2.25. The van der Waals surface area contributed by atoms with E-state index >= 15 is 0 Å². The van der Waals surface area contributed by atoms with E-state index < -0.39 is 0 Å². The molecular formula is C17H19BrN2OS. The van der Waals surface area contributed by atoms with Gasteiger partial charge in [-0.1, -0.05) is 30.3 Å². The standard InChI is InChI=1S/C17H19BrN2OS/c18-14-9-15(22-12-14)10-19-16(13-5-2-1-3-6-13)11-20-8-4-7-17(20)21/h1-3,5-6,9,12,16,19H,4,7-8,10-11H2/t16-/m1/s1. The fourth-order valence-corrected chi connectivity index (χ4v) is 4.16. The molecule has 0 saturated carbocycles. The molecule has 0 aliphatic carbocycles. The van der Waals surface area contributed by atoms with Crippen LogP contribution in [0, 0.1) is 0 Å². The van der Waals surface area contributed by atoms with Crippen molar-refractivity contribution in [1.29, 1.82) is 0 Å². The Labute approximate surface area is 143 Å². The topological polar surface area (TPSA) is 32.3 Å². The Hall–Kier alpha value is -1.17. The smallest absolute Gasteiger partial charge is 0.222 e. The monoisotopic (exact) mass is 378 g/mol. The molecule has 0 unspecified atom stereocenters. The minimum absolute atomic E-state index is 0.170. The Balaban J connectivity index is 1.69. The second-order valence-corrected chi connectivity index (χ2v) is 7.43. The van der Waals surface area contributed by atoms with Crippen LogP contribution in [0.5, 0.6) is 0 Å². The van der Waals surface area contributed by atoms with Crippen molar-refractivity contribution in [2.45, 2.75) is 25.4 Å². The fourth-order valence-electron chi connectivity index (χ4n) is 2.76. The largest absolute Gasteiger partial charge is 0.341 e. The molecule has 1 N–H and O–H groups in total. The Morgan fingerprint density at radius 2 is 2.14 bits per heavy atom. The molecule has 1 aliphatic rings. The second kappa shape index (κ2) is 7.40. The lowest BCUT2D eigenvalue weighted by Crippen LogP contribution is -2.35. The van der Waals surface area contributed by atoms with Crippen LogP contribution in [0.3, 0.4) is 0 Å². The lowest BCUT2D eigenvalue weighted by atomic mass is 10.1. The van der Waals surface area contributed by atoms with Crippen molar-refractivity contribution < 1.29 is 4.79 Å². The molecular weight excluding hydrogens is 360 g/mol. The Morgan fingerprint density at radius 3 is 2.77 bits per heavy atom. The van der Waals surface area contributed by atoms with Crippen molar-refractivity contribution in [3.05, 3.63) is 56.7 Å². The van der Waals surface area contributed by atoms with E-state index in [0.29, 0.717) is 6.42 Å². The Bertz CT molecular complexity index is 629. The molecule has 1 aromatic heterocycles. The molecule has 3 nitrogen and oxygen atoms in total. The van der Waals surface area contributed by atoms with Gasteiger partial charge in [-0.25, -0.2) is 0 Å². The van der Waals surface area contributed by atoms with Gasteiger partial charge in [0.05, 0.1) is 6.04 Å². The average molecular weight is 379 g/mol. The highest BCUT2D eigenvalue weighted by atomic mass is 79.9. The first-order valence-corrected chi connectivity index (χ1v) is 9.18. The summed E-state index contributed by atoms with van der Waals surface area (Å²) >= 11 is 5.23. The number of nitrogens with one attached hydrogen (secondary N) is 1. The highest BCUT2D eigenvalue weighted by Crippen LogP contribution is 2.22. The molecule has 2 aromatic rings. The van der Waals surface area contributed by atoms with Crippen molar-refractivity contribution in [2.75, 3.05) is 13.1 Å². The maximum atomic E-state index is 11.9. The van der Waals surface area contributed by atoms with Crippen LogP contribution in [0.4, 0.5) is 0 Å². The molecule has 116 valence electrons. The third kappa shape index (κ3) is 3.97. The van der Waals surface area contributed by atoms with Gasteiger partial charge >= 0.3 is 0 Å². The summed E-state index contributed by atoms with van der Waals surface area (Å²) in [7, 11) is 0. The molecule has 1 amide bonds. The van der Waals surface area contributed by atoms with Crippen molar-refractivity contribution in [3.8, 4) is 0 Å². The maximum Gasteiger partial charge on any atom is 0.222 e. The highest BCUT2D eigenvalue weighted by Gasteiger charge is 2.24. The molecule has 2 heterocycles. The van der Waals surface area contributed by atoms with Crippen molar-refractivity contribution in [1.82, 2.24) is 10.2 Å². The summed E-state index contributed by atoms with van der Waals surface area (Å²) in [5.41, 5.74) is 1.23. The van der Waals surface area contributed by atoms with Gasteiger partial charge in [-0.2, -0.15) is 0 Å². The van der Waals surface area contributed by atoms with Gasteiger partial charge < -0.3 is 10.2 Å². The van der Waals surface area contributed by atoms with Crippen molar-refractivity contribution in [2.24, 2.45) is 0 Å². The van der Waals surface area contributed by atoms with Crippen molar-refractivity contribution in [3.63, 3.8) is 0 Å². The Kier molecular flexibility index (Phi) is 5.28. The van der Waals surface area contributed by atoms with Crippen LogP contribution in [-0.2, 0) is 11.3 Å². The molecule has 1 saturated heterocycles. The fraction of sp³-hybridized carbons (Fsp3) is 0.353. The first kappa shape index (κ1) is 15.7. The third-order valence-corrected chi connectivity index (χ3v) is 5.62. The molecule has 3 rings (SSSR count). The van der Waals surface area contributed by atoms with Gasteiger partial charge in [0.15, 0.2) is 0 Å². The van der Waals surface area contributed by atoms with Crippen LogP contribution in [0.2, 0.25) is 0 Å². The molecule has 5 heteroatoms. The van der Waals surface area contributed by atoms with E-state index in [1.54, 1.807) is 11.3 Å². The first-order valence-electron chi connectivity index (χ1n) is 7.51. The summed E-state index contributed by atoms with van der Waals surface area (Å²) in [6.45, 7) is 2.45. The number of amides is 1. The molecule has 0 spiro atoms. The number of nitrogens with zero attached hydrogens (tertiary/aromatic N) is 1. The van der Waals surface area contributed by atoms with Gasteiger partial charge in [-0.15, -0.1) is 11.3 Å². The highest BCUT2D eigenvalue weighted by molar-refractivity contribution is 9.10. The summed E-state index contributed by atoms with van der Waals surface area (Å²) in [4.78, 5) is 15.2. The van der Waals surface area contributed by atoms with Crippen molar-refractivity contribution >= 4 is 33.2 Å². The van der Waals surface area contributed by atoms with Gasteiger partial charge in [0.2, 0.25) is 5.91 Å². The Morgan fingerprint density at radius 1 is 1.32 bits per heavy atom. The van der Waals surface area contributed by atoms with E-state index in [4.69, 9.17) is 0 Å². The summed E-state index contributed by atoms with van der Waals surface area (Å²) in [6, 6.07) is 12.7. The number of hydrogen-bond donors (Lipinski definition) is 1. The zero-order valence-electron chi connectivity index (χ0n) is 12.3. The van der Waals surface area contributed by atoms with Gasteiger partial charge in [0, 0.05) is 40.8 Å². The van der Waals surface area contributed by atoms with Crippen LogP contribution in [0.1, 0.15) is 29.3 Å². The number of carbonyl (C=O) groups excluding carboxylic acids is 1. The molecule has 22 heavy (non-hydrogen) atoms. The molecule has 1 aliphatic heterocycles. The molecule has 1 atom stereocenters. The normalized spacial score (nSPS) is 16.2. The lowest BCUT2D eigenvalue weighted by molar-refractivity contribution is -0.128. The SMILES string of the molecule is O=C1CCCN1C[C@@H](NCc1cc(Br)cs1)c1ccccc1. The van der Waals surface area contributed by atoms with E-state index in [2.05, 4.69) is 57.0 Å². The van der Waals surface area contributed by atoms with E-state index in [1.807, 2.05) is 11.0 Å². The second-order valence-electron chi connectivity index (χ2n) is 5.52. The summed E-state index contributed by atoms with van der Waals surface area (Å²) in [5.74, 6) is 0.279. The van der Waals surface area contributed by atoms with Crippen LogP contribution in [0.15, 0.2) is 46.3 Å². The predicted molar refractivity (Wildman–Crippen MR) is 93.9 cm³/mol. The number of halogens is 1. The van der Waals surface area contributed by atoms with Crippen LogP contribution in [-0.4, -0.2) is 23.9 Å². The van der Waals surface area contributed by atoms with Gasteiger partial charge in [-0.05, 0) is 34.0 Å². The first-order chi connectivity index (χ1) is 10.7. The number of benzene rings is 1. The molecule has 1 aromatic carbocycles. The van der Waals surface area contributed by atoms with Gasteiger partial charge in [0.1, 0.15) is 0 Å². The number of carbonyl (C=O) groups is 1. The van der Waals surface area contributed by atoms with E-state index in [9.17, 15) is 4.79 Å². The number of thiophene rings is 1. The maximum absolute atomic E-state index is 11.9. The van der Waals surface area contributed by atoms with Crippen LogP contribution >= 0.6 is 27.3 Å². The van der Waals surface area contributed by atoms with E-state index in [1.165, 1.54) is 10.4 Å².